The lowest BCUT2D eigenvalue weighted by molar-refractivity contribution is -0.117. The third kappa shape index (κ3) is 6.07. The van der Waals surface area contributed by atoms with Gasteiger partial charge in [-0.1, -0.05) is 47.2 Å². The lowest BCUT2D eigenvalue weighted by atomic mass is 10.1. The van der Waals surface area contributed by atoms with Crippen molar-refractivity contribution >= 4 is 40.4 Å². The minimum atomic E-state index is -0.277. The number of rotatable bonds is 8. The number of carbonyl (C=O) groups excluding carboxylic acids is 2. The summed E-state index contributed by atoms with van der Waals surface area (Å²) in [5.41, 5.74) is 3.29. The average Bonchev–Trinajstić information content (AvgIpc) is 3.61. The molecule has 2 aliphatic rings. The Morgan fingerprint density at radius 2 is 1.71 bits per heavy atom. The van der Waals surface area contributed by atoms with Gasteiger partial charge in [-0.25, -0.2) is 0 Å². The number of carbonyl (C=O) groups is 2. The molecule has 2 amide bonds. The molecule has 0 saturated carbocycles. The number of aromatic nitrogens is 2. The van der Waals surface area contributed by atoms with Gasteiger partial charge < -0.3 is 10.2 Å². The van der Waals surface area contributed by atoms with Gasteiger partial charge in [0, 0.05) is 36.6 Å². The molecule has 2 saturated heterocycles. The molecule has 3 aromatic rings. The van der Waals surface area contributed by atoms with E-state index in [1.807, 2.05) is 36.4 Å². The first-order valence-electron chi connectivity index (χ1n) is 12.0. The second-order valence-corrected chi connectivity index (χ2v) is 10.7. The van der Waals surface area contributed by atoms with E-state index >= 15 is 0 Å². The molecule has 35 heavy (non-hydrogen) atoms. The van der Waals surface area contributed by atoms with Crippen LogP contribution < -0.4 is 10.2 Å². The number of aryl methyl sites for hydroxylation is 2. The Morgan fingerprint density at radius 1 is 1.00 bits per heavy atom. The molecule has 9 heteroatoms. The molecular weight excluding hydrogens is 482 g/mol. The maximum Gasteiger partial charge on any atom is 0.282 e. The van der Waals surface area contributed by atoms with Gasteiger partial charge in [-0.15, -0.1) is 10.2 Å². The van der Waals surface area contributed by atoms with Gasteiger partial charge >= 0.3 is 0 Å². The van der Waals surface area contributed by atoms with Gasteiger partial charge in [0.25, 0.3) is 5.91 Å². The fraction of sp³-hybridized carbons (Fsp3) is 0.385. The smallest absolute Gasteiger partial charge is 0.282 e. The van der Waals surface area contributed by atoms with Crippen molar-refractivity contribution in [3.8, 4) is 0 Å². The van der Waals surface area contributed by atoms with Crippen molar-refractivity contribution in [2.45, 2.75) is 44.7 Å². The van der Waals surface area contributed by atoms with Gasteiger partial charge in [-0.3, -0.25) is 14.5 Å². The van der Waals surface area contributed by atoms with Crippen molar-refractivity contribution in [2.75, 3.05) is 24.5 Å². The van der Waals surface area contributed by atoms with Gasteiger partial charge in [0.1, 0.15) is 5.01 Å². The topological polar surface area (TPSA) is 78.4 Å². The van der Waals surface area contributed by atoms with Crippen LogP contribution in [0.5, 0.6) is 0 Å². The normalized spacial score (nSPS) is 18.4. The average molecular weight is 510 g/mol. The van der Waals surface area contributed by atoms with E-state index in [1.54, 1.807) is 4.90 Å². The van der Waals surface area contributed by atoms with Gasteiger partial charge in [0.2, 0.25) is 10.9 Å². The molecule has 0 bridgehead atoms. The van der Waals surface area contributed by atoms with Crippen molar-refractivity contribution in [1.29, 1.82) is 0 Å². The van der Waals surface area contributed by atoms with Crippen LogP contribution >= 0.6 is 22.9 Å². The molecule has 1 unspecified atom stereocenters. The fourth-order valence-corrected chi connectivity index (χ4v) is 5.50. The molecular formula is C26H28ClN5O2S. The van der Waals surface area contributed by atoms with Crippen LogP contribution in [0.15, 0.2) is 48.5 Å². The zero-order chi connectivity index (χ0) is 24.2. The highest BCUT2D eigenvalue weighted by Gasteiger charge is 2.32. The largest absolute Gasteiger partial charge is 0.345 e. The summed E-state index contributed by atoms with van der Waals surface area (Å²) < 4.78 is 0. The number of anilines is 1. The summed E-state index contributed by atoms with van der Waals surface area (Å²) in [6.07, 6.45) is 4.33. The van der Waals surface area contributed by atoms with E-state index in [0.717, 1.165) is 42.3 Å². The molecule has 1 atom stereocenters. The Kier molecular flexibility index (Phi) is 7.41. The van der Waals surface area contributed by atoms with E-state index in [9.17, 15) is 9.59 Å². The number of amides is 2. The zero-order valence-electron chi connectivity index (χ0n) is 19.5. The number of hydrogen-bond donors (Lipinski definition) is 1. The van der Waals surface area contributed by atoms with E-state index in [-0.39, 0.29) is 24.3 Å². The maximum atomic E-state index is 12.7. The number of nitrogens with one attached hydrogen (secondary N) is 1. The van der Waals surface area contributed by atoms with Gasteiger partial charge in [0.05, 0.1) is 6.04 Å². The Hall–Kier alpha value is -2.81. The zero-order valence-corrected chi connectivity index (χ0v) is 21.0. The SMILES string of the molecule is O=C(NC1CC(=O)N(c2ccc(CN3CCCC3)cc2)C1)c1nnc(CCc2ccc(Cl)cc2)s1. The van der Waals surface area contributed by atoms with Crippen LogP contribution in [-0.4, -0.2) is 52.6 Å². The van der Waals surface area contributed by atoms with Crippen LogP contribution in [0.3, 0.4) is 0 Å². The summed E-state index contributed by atoms with van der Waals surface area (Å²) in [5, 5.41) is 13.0. The molecule has 2 aliphatic heterocycles. The Labute approximate surface area is 214 Å². The summed E-state index contributed by atoms with van der Waals surface area (Å²) in [5.74, 6) is -0.260. The van der Waals surface area contributed by atoms with Crippen LogP contribution in [0.1, 0.15) is 45.2 Å². The highest BCUT2D eigenvalue weighted by Crippen LogP contribution is 2.24. The number of benzene rings is 2. The summed E-state index contributed by atoms with van der Waals surface area (Å²) in [6, 6.07) is 15.7. The predicted molar refractivity (Wildman–Crippen MR) is 138 cm³/mol. The van der Waals surface area contributed by atoms with Gasteiger partial charge in [-0.2, -0.15) is 0 Å². The first kappa shape index (κ1) is 23.9. The molecule has 5 rings (SSSR count). The Balaban J connectivity index is 1.13. The van der Waals surface area contributed by atoms with Crippen LogP contribution in [0.4, 0.5) is 5.69 Å². The summed E-state index contributed by atoms with van der Waals surface area (Å²) in [4.78, 5) is 29.6. The standard InChI is InChI=1S/C26H28ClN5O2S/c27-20-8-3-18(4-9-20)7-12-23-29-30-26(35-23)25(34)28-21-15-24(33)32(17-21)22-10-5-19(6-11-22)16-31-13-1-2-14-31/h3-6,8-11,21H,1-2,7,12-17H2,(H,28,34). The van der Waals surface area contributed by atoms with Crippen molar-refractivity contribution in [2.24, 2.45) is 0 Å². The minimum Gasteiger partial charge on any atom is -0.345 e. The first-order valence-corrected chi connectivity index (χ1v) is 13.2. The molecule has 2 aromatic carbocycles. The van der Waals surface area contributed by atoms with E-state index in [4.69, 9.17) is 11.6 Å². The second-order valence-electron chi connectivity index (χ2n) is 9.16. The molecule has 0 spiro atoms. The number of hydrogen-bond acceptors (Lipinski definition) is 6. The first-order chi connectivity index (χ1) is 17.0. The minimum absolute atomic E-state index is 0.0171. The van der Waals surface area contributed by atoms with Crippen molar-refractivity contribution < 1.29 is 9.59 Å². The Bertz CT molecular complexity index is 1180. The predicted octanol–water partition coefficient (Wildman–Crippen LogP) is 4.11. The van der Waals surface area contributed by atoms with Gasteiger partial charge in [0.15, 0.2) is 0 Å². The van der Waals surface area contributed by atoms with E-state index in [2.05, 4.69) is 32.5 Å². The second kappa shape index (κ2) is 10.8. The van der Waals surface area contributed by atoms with Crippen LogP contribution in [0.2, 0.25) is 5.02 Å². The fourth-order valence-electron chi connectivity index (χ4n) is 4.63. The van der Waals surface area contributed by atoms with Crippen LogP contribution in [-0.2, 0) is 24.2 Å². The van der Waals surface area contributed by atoms with Crippen molar-refractivity contribution in [3.05, 3.63) is 74.7 Å². The number of likely N-dealkylation sites (tertiary alicyclic amines) is 1. The maximum absolute atomic E-state index is 12.7. The molecule has 3 heterocycles. The molecule has 2 fully saturated rings. The molecule has 0 radical (unpaired) electrons. The Morgan fingerprint density at radius 3 is 2.46 bits per heavy atom. The molecule has 1 aromatic heterocycles. The third-order valence-corrected chi connectivity index (χ3v) is 7.75. The lowest BCUT2D eigenvalue weighted by Gasteiger charge is -2.19. The number of halogens is 1. The molecule has 7 nitrogen and oxygen atoms in total. The van der Waals surface area contributed by atoms with Crippen molar-refractivity contribution in [3.63, 3.8) is 0 Å². The van der Waals surface area contributed by atoms with Gasteiger partial charge in [-0.05, 0) is 67.7 Å². The summed E-state index contributed by atoms with van der Waals surface area (Å²) >= 11 is 7.23. The van der Waals surface area contributed by atoms with E-state index < -0.39 is 0 Å². The lowest BCUT2D eigenvalue weighted by Crippen LogP contribution is -2.37. The van der Waals surface area contributed by atoms with E-state index in [1.165, 1.54) is 29.7 Å². The summed E-state index contributed by atoms with van der Waals surface area (Å²) in [7, 11) is 0. The highest BCUT2D eigenvalue weighted by atomic mass is 35.5. The molecule has 1 N–H and O–H groups in total. The van der Waals surface area contributed by atoms with E-state index in [0.29, 0.717) is 23.0 Å². The monoisotopic (exact) mass is 509 g/mol. The summed E-state index contributed by atoms with van der Waals surface area (Å²) in [6.45, 7) is 3.73. The quantitative estimate of drug-likeness (QED) is 0.494. The van der Waals surface area contributed by atoms with Crippen LogP contribution in [0, 0.1) is 0 Å². The molecule has 182 valence electrons. The van der Waals surface area contributed by atoms with Crippen molar-refractivity contribution in [1.82, 2.24) is 20.4 Å². The molecule has 0 aliphatic carbocycles. The van der Waals surface area contributed by atoms with Crippen LogP contribution in [0.25, 0.3) is 0 Å². The third-order valence-electron chi connectivity index (χ3n) is 6.52. The number of nitrogens with zero attached hydrogens (tertiary/aromatic N) is 4. The highest BCUT2D eigenvalue weighted by molar-refractivity contribution is 7.13.